The van der Waals surface area contributed by atoms with Gasteiger partial charge in [-0.05, 0) is 50.2 Å². The van der Waals surface area contributed by atoms with Crippen LogP contribution in [0, 0.1) is 0 Å². The minimum absolute atomic E-state index is 0.0383. The maximum absolute atomic E-state index is 12.0. The lowest BCUT2D eigenvalue weighted by molar-refractivity contribution is -0.142. The second-order valence-electron chi connectivity index (χ2n) is 6.24. The van der Waals surface area contributed by atoms with Crippen molar-refractivity contribution >= 4 is 23.3 Å². The minimum atomic E-state index is -1.37. The van der Waals surface area contributed by atoms with E-state index >= 15 is 0 Å². The van der Waals surface area contributed by atoms with E-state index in [0.717, 1.165) is 0 Å². The number of hydrazone groups is 1. The molecule has 2 aromatic rings. The van der Waals surface area contributed by atoms with Crippen molar-refractivity contribution in [2.45, 2.75) is 25.8 Å². The van der Waals surface area contributed by atoms with Crippen LogP contribution in [0.3, 0.4) is 0 Å². The van der Waals surface area contributed by atoms with E-state index in [1.54, 1.807) is 31.2 Å². The SMILES string of the molecule is CCOC(=O)C1=NN(c2ccc(Oc3ccccc3)cc2)C(C)(C(=O)O)C1. The van der Waals surface area contributed by atoms with Gasteiger partial charge in [-0.3, -0.25) is 0 Å². The molecule has 0 fully saturated rings. The molecule has 0 saturated carbocycles. The average molecular weight is 368 g/mol. The molecule has 2 aromatic carbocycles. The second-order valence-corrected chi connectivity index (χ2v) is 6.24. The van der Waals surface area contributed by atoms with Gasteiger partial charge in [-0.25, -0.2) is 14.6 Å². The zero-order chi connectivity index (χ0) is 19.4. The zero-order valence-corrected chi connectivity index (χ0v) is 15.1. The van der Waals surface area contributed by atoms with Crippen molar-refractivity contribution in [1.82, 2.24) is 0 Å². The number of benzene rings is 2. The van der Waals surface area contributed by atoms with Crippen molar-refractivity contribution in [2.75, 3.05) is 11.6 Å². The summed E-state index contributed by atoms with van der Waals surface area (Å²) in [6.45, 7) is 3.42. The van der Waals surface area contributed by atoms with Gasteiger partial charge in [0.2, 0.25) is 0 Å². The van der Waals surface area contributed by atoms with Gasteiger partial charge in [0.25, 0.3) is 0 Å². The third-order valence-electron chi connectivity index (χ3n) is 4.23. The molecule has 1 aliphatic heterocycles. The molecule has 1 aliphatic rings. The van der Waals surface area contributed by atoms with E-state index in [1.165, 1.54) is 11.9 Å². The molecule has 3 rings (SSSR count). The molecule has 1 unspecified atom stereocenters. The molecule has 0 bridgehead atoms. The summed E-state index contributed by atoms with van der Waals surface area (Å²) >= 11 is 0. The van der Waals surface area contributed by atoms with E-state index < -0.39 is 17.5 Å². The molecule has 0 aliphatic carbocycles. The predicted octanol–water partition coefficient (Wildman–Crippen LogP) is 3.45. The first-order valence-corrected chi connectivity index (χ1v) is 8.55. The number of aliphatic carboxylic acids is 1. The number of para-hydroxylation sites is 1. The summed E-state index contributed by atoms with van der Waals surface area (Å²) in [6.07, 6.45) is -0.0383. The number of carbonyl (C=O) groups is 2. The van der Waals surface area contributed by atoms with E-state index in [1.807, 2.05) is 30.3 Å². The van der Waals surface area contributed by atoms with Crippen molar-refractivity contribution in [3.63, 3.8) is 0 Å². The third-order valence-corrected chi connectivity index (χ3v) is 4.23. The van der Waals surface area contributed by atoms with Gasteiger partial charge in [-0.1, -0.05) is 18.2 Å². The number of hydrogen-bond donors (Lipinski definition) is 1. The van der Waals surface area contributed by atoms with Gasteiger partial charge in [0.15, 0.2) is 5.54 Å². The van der Waals surface area contributed by atoms with Gasteiger partial charge in [0, 0.05) is 6.42 Å². The van der Waals surface area contributed by atoms with E-state index in [0.29, 0.717) is 17.2 Å². The molecule has 7 nitrogen and oxygen atoms in total. The van der Waals surface area contributed by atoms with Gasteiger partial charge >= 0.3 is 11.9 Å². The van der Waals surface area contributed by atoms with Crippen LogP contribution in [-0.4, -0.2) is 34.9 Å². The number of carbonyl (C=O) groups excluding carboxylic acids is 1. The number of esters is 1. The van der Waals surface area contributed by atoms with Gasteiger partial charge in [-0.15, -0.1) is 0 Å². The quantitative estimate of drug-likeness (QED) is 0.786. The molecule has 27 heavy (non-hydrogen) atoms. The highest BCUT2D eigenvalue weighted by Gasteiger charge is 2.48. The number of ether oxygens (including phenoxy) is 2. The molecule has 1 atom stereocenters. The Morgan fingerprint density at radius 2 is 1.74 bits per heavy atom. The van der Waals surface area contributed by atoms with E-state index in [2.05, 4.69) is 5.10 Å². The molecule has 0 saturated heterocycles. The zero-order valence-electron chi connectivity index (χ0n) is 15.1. The Morgan fingerprint density at radius 1 is 1.11 bits per heavy atom. The fourth-order valence-electron chi connectivity index (χ4n) is 2.78. The number of carboxylic acid groups (broad SMARTS) is 1. The molecule has 1 heterocycles. The number of rotatable bonds is 6. The van der Waals surface area contributed by atoms with Crippen LogP contribution in [0.15, 0.2) is 59.7 Å². The summed E-state index contributed by atoms with van der Waals surface area (Å²) < 4.78 is 10.7. The molecule has 0 spiro atoms. The third kappa shape index (κ3) is 3.76. The van der Waals surface area contributed by atoms with E-state index in [4.69, 9.17) is 9.47 Å². The second kappa shape index (κ2) is 7.49. The highest BCUT2D eigenvalue weighted by Crippen LogP contribution is 2.35. The average Bonchev–Trinajstić information content (AvgIpc) is 3.03. The fraction of sp³-hybridized carbons (Fsp3) is 0.250. The Balaban J connectivity index is 1.85. The van der Waals surface area contributed by atoms with Crippen LogP contribution in [0.2, 0.25) is 0 Å². The first-order valence-electron chi connectivity index (χ1n) is 8.55. The Morgan fingerprint density at radius 3 is 2.33 bits per heavy atom. The van der Waals surface area contributed by atoms with Crippen molar-refractivity contribution in [2.24, 2.45) is 5.10 Å². The van der Waals surface area contributed by atoms with Crippen LogP contribution in [0.1, 0.15) is 20.3 Å². The number of carboxylic acids is 1. The lowest BCUT2D eigenvalue weighted by Gasteiger charge is -2.30. The molecule has 7 heteroatoms. The van der Waals surface area contributed by atoms with Crippen LogP contribution in [0.5, 0.6) is 11.5 Å². The van der Waals surface area contributed by atoms with Crippen molar-refractivity contribution in [3.05, 3.63) is 54.6 Å². The Bertz CT molecular complexity index is 864. The molecule has 1 N–H and O–H groups in total. The largest absolute Gasteiger partial charge is 0.479 e. The van der Waals surface area contributed by atoms with Crippen LogP contribution >= 0.6 is 0 Å². The van der Waals surface area contributed by atoms with Gasteiger partial charge < -0.3 is 14.6 Å². The minimum Gasteiger partial charge on any atom is -0.479 e. The maximum atomic E-state index is 12.0. The molecule has 0 aromatic heterocycles. The van der Waals surface area contributed by atoms with E-state index in [-0.39, 0.29) is 18.7 Å². The Hall–Kier alpha value is -3.35. The molecular weight excluding hydrogens is 348 g/mol. The highest BCUT2D eigenvalue weighted by atomic mass is 16.5. The lowest BCUT2D eigenvalue weighted by atomic mass is 9.95. The van der Waals surface area contributed by atoms with Crippen LogP contribution in [0.25, 0.3) is 0 Å². The smallest absolute Gasteiger partial charge is 0.354 e. The van der Waals surface area contributed by atoms with Crippen LogP contribution in [-0.2, 0) is 14.3 Å². The molecule has 0 amide bonds. The van der Waals surface area contributed by atoms with Gasteiger partial charge in [0.05, 0.1) is 12.3 Å². The van der Waals surface area contributed by atoms with Crippen molar-refractivity contribution in [1.29, 1.82) is 0 Å². The molecule has 0 radical (unpaired) electrons. The lowest BCUT2D eigenvalue weighted by Crippen LogP contribution is -2.47. The standard InChI is InChI=1S/C20H20N2O5/c1-3-26-18(23)17-13-20(2,19(24)25)22(21-17)14-9-11-16(12-10-14)27-15-7-5-4-6-8-15/h4-12H,3,13H2,1-2H3,(H,24,25). The van der Waals surface area contributed by atoms with Gasteiger partial charge in [0.1, 0.15) is 17.2 Å². The Kier molecular flexibility index (Phi) is 5.12. The number of nitrogens with zero attached hydrogens (tertiary/aromatic N) is 2. The summed E-state index contributed by atoms with van der Waals surface area (Å²) in [5.41, 5.74) is -0.741. The summed E-state index contributed by atoms with van der Waals surface area (Å²) in [6, 6.07) is 16.2. The topological polar surface area (TPSA) is 88.4 Å². The predicted molar refractivity (Wildman–Crippen MR) is 100 cm³/mol. The molecule has 140 valence electrons. The van der Waals surface area contributed by atoms with Crippen LogP contribution < -0.4 is 9.75 Å². The van der Waals surface area contributed by atoms with E-state index in [9.17, 15) is 14.7 Å². The van der Waals surface area contributed by atoms with Gasteiger partial charge in [-0.2, -0.15) is 5.10 Å². The first-order chi connectivity index (χ1) is 12.9. The summed E-state index contributed by atoms with van der Waals surface area (Å²) in [7, 11) is 0. The number of anilines is 1. The van der Waals surface area contributed by atoms with Crippen LogP contribution in [0.4, 0.5) is 5.69 Å². The Labute approximate surface area is 156 Å². The molecular formula is C20H20N2O5. The monoisotopic (exact) mass is 368 g/mol. The first kappa shape index (κ1) is 18.4. The summed E-state index contributed by atoms with van der Waals surface area (Å²) in [5.74, 6) is -0.369. The fourth-order valence-corrected chi connectivity index (χ4v) is 2.78. The number of hydrogen-bond acceptors (Lipinski definition) is 6. The normalized spacial score (nSPS) is 18.7. The van der Waals surface area contributed by atoms with Crippen molar-refractivity contribution < 1.29 is 24.2 Å². The van der Waals surface area contributed by atoms with Crippen molar-refractivity contribution in [3.8, 4) is 11.5 Å². The maximum Gasteiger partial charge on any atom is 0.354 e. The summed E-state index contributed by atoms with van der Waals surface area (Å²) in [5, 5.41) is 15.3. The summed E-state index contributed by atoms with van der Waals surface area (Å²) in [4.78, 5) is 23.8. The highest BCUT2D eigenvalue weighted by molar-refractivity contribution is 6.38.